The van der Waals surface area contributed by atoms with Crippen LogP contribution >= 0.6 is 0 Å². The van der Waals surface area contributed by atoms with Crippen LogP contribution < -0.4 is 14.2 Å². The van der Waals surface area contributed by atoms with Crippen LogP contribution in [0.3, 0.4) is 0 Å². The molecule has 5 nitrogen and oxygen atoms in total. The highest BCUT2D eigenvalue weighted by molar-refractivity contribution is 5.89. The average molecular weight is 328 g/mol. The van der Waals surface area contributed by atoms with E-state index in [1.165, 1.54) is 0 Å². The van der Waals surface area contributed by atoms with E-state index in [9.17, 15) is 9.90 Å². The summed E-state index contributed by atoms with van der Waals surface area (Å²) < 4.78 is 17.4. The Bertz CT molecular complexity index is 724. The SMILES string of the molecule is CC(C)Oc1cc(C(=O)O)cc2c1CC(COc1ccccc1)O2. The number of carboxylic acids is 1. The largest absolute Gasteiger partial charge is 0.491 e. The lowest BCUT2D eigenvalue weighted by atomic mass is 10.1. The molecule has 1 N–H and O–H groups in total. The number of carboxylic acid groups (broad SMARTS) is 1. The summed E-state index contributed by atoms with van der Waals surface area (Å²) in [5, 5.41) is 9.26. The first kappa shape index (κ1) is 16.2. The Kier molecular flexibility index (Phi) is 4.60. The summed E-state index contributed by atoms with van der Waals surface area (Å²) in [4.78, 5) is 11.3. The molecular weight excluding hydrogens is 308 g/mol. The molecule has 24 heavy (non-hydrogen) atoms. The zero-order valence-corrected chi connectivity index (χ0v) is 13.7. The predicted molar refractivity (Wildman–Crippen MR) is 89.2 cm³/mol. The monoisotopic (exact) mass is 328 g/mol. The first-order chi connectivity index (χ1) is 11.5. The van der Waals surface area contributed by atoms with E-state index in [4.69, 9.17) is 14.2 Å². The van der Waals surface area contributed by atoms with Gasteiger partial charge >= 0.3 is 5.97 Å². The molecule has 1 aliphatic rings. The highest BCUT2D eigenvalue weighted by Gasteiger charge is 2.29. The molecule has 5 heteroatoms. The van der Waals surface area contributed by atoms with Crippen molar-refractivity contribution < 1.29 is 24.1 Å². The molecule has 0 fully saturated rings. The number of fused-ring (bicyclic) bond motifs is 1. The van der Waals surface area contributed by atoms with Crippen LogP contribution in [0.2, 0.25) is 0 Å². The van der Waals surface area contributed by atoms with Crippen LogP contribution in [0.1, 0.15) is 29.8 Å². The van der Waals surface area contributed by atoms with Gasteiger partial charge in [0.2, 0.25) is 0 Å². The number of para-hydroxylation sites is 1. The summed E-state index contributed by atoms with van der Waals surface area (Å²) in [5.74, 6) is 0.912. The molecule has 0 spiro atoms. The quantitative estimate of drug-likeness (QED) is 0.878. The van der Waals surface area contributed by atoms with Gasteiger partial charge in [0.05, 0.1) is 11.7 Å². The molecule has 1 unspecified atom stereocenters. The number of hydrogen-bond acceptors (Lipinski definition) is 4. The van der Waals surface area contributed by atoms with E-state index in [2.05, 4.69) is 0 Å². The van der Waals surface area contributed by atoms with Crippen LogP contribution in [0.5, 0.6) is 17.2 Å². The van der Waals surface area contributed by atoms with Gasteiger partial charge in [-0.1, -0.05) is 18.2 Å². The van der Waals surface area contributed by atoms with Crippen molar-refractivity contribution in [3.05, 3.63) is 53.6 Å². The second-order valence-electron chi connectivity index (χ2n) is 5.99. The third-order valence-electron chi connectivity index (χ3n) is 3.68. The molecule has 1 heterocycles. The fourth-order valence-corrected chi connectivity index (χ4v) is 2.66. The topological polar surface area (TPSA) is 65.0 Å². The van der Waals surface area contributed by atoms with Gasteiger partial charge in [-0.3, -0.25) is 0 Å². The summed E-state index contributed by atoms with van der Waals surface area (Å²) in [5.41, 5.74) is 1.06. The predicted octanol–water partition coefficient (Wildman–Crippen LogP) is 3.55. The van der Waals surface area contributed by atoms with Gasteiger partial charge in [-0.15, -0.1) is 0 Å². The molecule has 2 aromatic rings. The normalized spacial score (nSPS) is 15.7. The zero-order chi connectivity index (χ0) is 17.1. The Morgan fingerprint density at radius 2 is 2.04 bits per heavy atom. The van der Waals surface area contributed by atoms with Crippen molar-refractivity contribution >= 4 is 5.97 Å². The second-order valence-corrected chi connectivity index (χ2v) is 5.99. The smallest absolute Gasteiger partial charge is 0.335 e. The molecule has 2 aromatic carbocycles. The summed E-state index contributed by atoms with van der Waals surface area (Å²) in [7, 11) is 0. The van der Waals surface area contributed by atoms with Gasteiger partial charge in [0.25, 0.3) is 0 Å². The Morgan fingerprint density at radius 1 is 1.29 bits per heavy atom. The van der Waals surface area contributed by atoms with E-state index in [0.29, 0.717) is 24.5 Å². The van der Waals surface area contributed by atoms with E-state index in [0.717, 1.165) is 11.3 Å². The number of ether oxygens (including phenoxy) is 3. The van der Waals surface area contributed by atoms with Crippen molar-refractivity contribution in [2.24, 2.45) is 0 Å². The molecule has 0 bridgehead atoms. The van der Waals surface area contributed by atoms with Gasteiger partial charge in [0.15, 0.2) is 0 Å². The minimum Gasteiger partial charge on any atom is -0.491 e. The molecule has 0 radical (unpaired) electrons. The lowest BCUT2D eigenvalue weighted by molar-refractivity contribution is 0.0695. The van der Waals surface area contributed by atoms with Gasteiger partial charge in [-0.25, -0.2) is 4.79 Å². The standard InChI is InChI=1S/C19H20O5/c1-12(2)23-17-8-13(19(20)21)9-18-16(17)10-15(24-18)11-22-14-6-4-3-5-7-14/h3-9,12,15H,10-11H2,1-2H3,(H,20,21). The van der Waals surface area contributed by atoms with Crippen molar-refractivity contribution in [3.63, 3.8) is 0 Å². The number of benzene rings is 2. The van der Waals surface area contributed by atoms with Crippen LogP contribution in [0.4, 0.5) is 0 Å². The number of rotatable bonds is 6. The molecular formula is C19H20O5. The summed E-state index contributed by atoms with van der Waals surface area (Å²) in [6.07, 6.45) is 0.418. The Balaban J connectivity index is 1.76. The molecule has 126 valence electrons. The molecule has 1 aliphatic heterocycles. The Labute approximate surface area is 140 Å². The lowest BCUT2D eigenvalue weighted by Gasteiger charge is -2.13. The van der Waals surface area contributed by atoms with Crippen molar-refractivity contribution in [1.29, 1.82) is 0 Å². The maximum atomic E-state index is 11.3. The zero-order valence-electron chi connectivity index (χ0n) is 13.7. The van der Waals surface area contributed by atoms with Gasteiger partial charge < -0.3 is 19.3 Å². The average Bonchev–Trinajstić information content (AvgIpc) is 2.96. The molecule has 1 atom stereocenters. The molecule has 0 aromatic heterocycles. The van der Waals surface area contributed by atoms with Crippen molar-refractivity contribution in [2.75, 3.05) is 6.61 Å². The Hall–Kier alpha value is -2.69. The summed E-state index contributed by atoms with van der Waals surface area (Å²) >= 11 is 0. The van der Waals surface area contributed by atoms with E-state index in [-0.39, 0.29) is 17.8 Å². The van der Waals surface area contributed by atoms with Crippen LogP contribution in [0.25, 0.3) is 0 Å². The molecule has 0 amide bonds. The van der Waals surface area contributed by atoms with Crippen molar-refractivity contribution in [1.82, 2.24) is 0 Å². The Morgan fingerprint density at radius 3 is 2.71 bits per heavy atom. The van der Waals surface area contributed by atoms with Crippen molar-refractivity contribution in [3.8, 4) is 17.2 Å². The molecule has 0 saturated carbocycles. The number of carbonyl (C=O) groups is 1. The van der Waals surface area contributed by atoms with E-state index < -0.39 is 5.97 Å². The van der Waals surface area contributed by atoms with Crippen LogP contribution in [-0.2, 0) is 6.42 Å². The maximum Gasteiger partial charge on any atom is 0.335 e. The van der Waals surface area contributed by atoms with Crippen molar-refractivity contribution in [2.45, 2.75) is 32.5 Å². The van der Waals surface area contributed by atoms with E-state index >= 15 is 0 Å². The first-order valence-electron chi connectivity index (χ1n) is 7.94. The fraction of sp³-hybridized carbons (Fsp3) is 0.316. The number of aromatic carboxylic acids is 1. The minimum absolute atomic E-state index is 0.0437. The third-order valence-corrected chi connectivity index (χ3v) is 3.68. The van der Waals surface area contributed by atoms with Gasteiger partial charge in [0, 0.05) is 12.0 Å². The summed E-state index contributed by atoms with van der Waals surface area (Å²) in [6.45, 7) is 4.21. The van der Waals surface area contributed by atoms with Gasteiger partial charge in [-0.2, -0.15) is 0 Å². The minimum atomic E-state index is -1.00. The van der Waals surface area contributed by atoms with Gasteiger partial charge in [-0.05, 0) is 38.1 Å². The second kappa shape index (κ2) is 6.83. The maximum absolute atomic E-state index is 11.3. The molecule has 0 aliphatic carbocycles. The third kappa shape index (κ3) is 3.62. The van der Waals surface area contributed by atoms with Crippen LogP contribution in [0.15, 0.2) is 42.5 Å². The van der Waals surface area contributed by atoms with E-state index in [1.54, 1.807) is 12.1 Å². The van der Waals surface area contributed by atoms with Crippen LogP contribution in [0, 0.1) is 0 Å². The number of hydrogen-bond donors (Lipinski definition) is 1. The van der Waals surface area contributed by atoms with E-state index in [1.807, 2.05) is 44.2 Å². The summed E-state index contributed by atoms with van der Waals surface area (Å²) in [6, 6.07) is 12.6. The highest BCUT2D eigenvalue weighted by Crippen LogP contribution is 2.38. The molecule has 3 rings (SSSR count). The first-order valence-corrected chi connectivity index (χ1v) is 7.94. The molecule has 0 saturated heterocycles. The lowest BCUT2D eigenvalue weighted by Crippen LogP contribution is -2.22. The fourth-order valence-electron chi connectivity index (χ4n) is 2.66. The van der Waals surface area contributed by atoms with Gasteiger partial charge in [0.1, 0.15) is 30.0 Å². The van der Waals surface area contributed by atoms with Crippen LogP contribution in [-0.4, -0.2) is 29.9 Å². The highest BCUT2D eigenvalue weighted by atomic mass is 16.5.